The van der Waals surface area contributed by atoms with Crippen molar-refractivity contribution in [3.05, 3.63) is 139 Å². The molecule has 0 radical (unpaired) electrons. The quantitative estimate of drug-likeness (QED) is 0.131. The molecule has 9 aromatic rings. The van der Waals surface area contributed by atoms with Gasteiger partial charge in [-0.05, 0) is 34.9 Å². The van der Waals surface area contributed by atoms with E-state index in [0.717, 1.165) is 49.6 Å². The van der Waals surface area contributed by atoms with E-state index < -0.39 is 0 Å². The first kappa shape index (κ1) is 37.4. The molecule has 1 aliphatic rings. The third kappa shape index (κ3) is 5.14. The van der Waals surface area contributed by atoms with Gasteiger partial charge in [0, 0.05) is 56.1 Å². The van der Waals surface area contributed by atoms with Gasteiger partial charge in [0.1, 0.15) is 5.65 Å². The van der Waals surface area contributed by atoms with Crippen molar-refractivity contribution in [3.8, 4) is 28.6 Å². The number of ether oxygens (including phenoxy) is 1. The van der Waals surface area contributed by atoms with E-state index in [4.69, 9.17) is 19.7 Å². The summed E-state index contributed by atoms with van der Waals surface area (Å²) in [4.78, 5) is 14.8. The standard InChI is InChI=1S/C43H31N5O.3CH4.Pt/c1-42(2)34-17-10-15-31-29-20-19-27(24-33(29)41-46-37(26-12-6-5-7-13-26)39(43(42,3)4)48(41)38(31)34)49-28-21-23-44-36(25-28)47-35-18-9-8-14-30(35)32-16-11-22-45-40(32)47;;;;/h5-23H,1-4H3;3*1H4;/q-2;;;;+2. The van der Waals surface area contributed by atoms with Crippen LogP contribution in [0.4, 0.5) is 0 Å². The minimum atomic E-state index is -0.218. The van der Waals surface area contributed by atoms with Crippen LogP contribution < -0.4 is 4.74 Å². The van der Waals surface area contributed by atoms with Gasteiger partial charge >= 0.3 is 21.1 Å². The van der Waals surface area contributed by atoms with Crippen LogP contribution in [-0.4, -0.2) is 23.9 Å². The van der Waals surface area contributed by atoms with Crippen LogP contribution in [0.5, 0.6) is 11.5 Å². The second-order valence-corrected chi connectivity index (χ2v) is 14.0. The van der Waals surface area contributed by atoms with Gasteiger partial charge in [-0.3, -0.25) is 14.5 Å². The molecule has 5 aromatic heterocycles. The SMILES string of the molecule is C.C.C.CC1(C)c2cccc3c4ccc(Oc5[c-]c(-n6c7ccccc7c7cccnc76)ncc5)[c-]c4c4nc(-c5ccccc5)c(n4c23)C1(C)C.[Pt+2]. The fourth-order valence-corrected chi connectivity index (χ4v) is 7.91. The average molecular weight is 877 g/mol. The summed E-state index contributed by atoms with van der Waals surface area (Å²) in [5, 5.41) is 5.38. The van der Waals surface area contributed by atoms with E-state index >= 15 is 0 Å². The van der Waals surface area contributed by atoms with Crippen LogP contribution >= 0.6 is 0 Å². The Bertz CT molecular complexity index is 2760. The molecule has 0 saturated carbocycles. The molecule has 53 heavy (non-hydrogen) atoms. The van der Waals surface area contributed by atoms with Crippen LogP contribution in [-0.2, 0) is 31.9 Å². The summed E-state index contributed by atoms with van der Waals surface area (Å²) in [6.45, 7) is 9.42. The molecule has 0 aliphatic carbocycles. The van der Waals surface area contributed by atoms with Crippen LogP contribution in [0.1, 0.15) is 61.2 Å². The van der Waals surface area contributed by atoms with Gasteiger partial charge in [0.2, 0.25) is 0 Å². The monoisotopic (exact) mass is 876 g/mol. The van der Waals surface area contributed by atoms with Gasteiger partial charge < -0.3 is 9.14 Å². The molecule has 0 unspecified atom stereocenters. The van der Waals surface area contributed by atoms with Crippen molar-refractivity contribution in [1.82, 2.24) is 23.9 Å². The van der Waals surface area contributed by atoms with Crippen LogP contribution in [0.15, 0.2) is 116 Å². The Hall–Kier alpha value is -5.32. The fraction of sp³-hybridized carbons (Fsp3) is 0.196. The zero-order valence-corrected chi connectivity index (χ0v) is 30.2. The van der Waals surface area contributed by atoms with Gasteiger partial charge in [0.25, 0.3) is 0 Å². The van der Waals surface area contributed by atoms with Crippen molar-refractivity contribution in [3.63, 3.8) is 0 Å². The van der Waals surface area contributed by atoms with E-state index in [1.165, 1.54) is 22.2 Å². The summed E-state index contributed by atoms with van der Waals surface area (Å²) in [5.41, 5.74) is 8.24. The molecule has 0 N–H and O–H groups in total. The number of rotatable bonds is 4. The number of aromatic nitrogens is 5. The van der Waals surface area contributed by atoms with Gasteiger partial charge in [0.15, 0.2) is 0 Å². The van der Waals surface area contributed by atoms with Gasteiger partial charge in [-0.15, -0.1) is 12.1 Å². The molecule has 6 heterocycles. The number of fused-ring (bicyclic) bond motifs is 6. The molecule has 0 fully saturated rings. The van der Waals surface area contributed by atoms with Crippen molar-refractivity contribution in [2.24, 2.45) is 0 Å². The molecule has 0 saturated heterocycles. The Labute approximate surface area is 325 Å². The molecular weight excluding hydrogens is 834 g/mol. The van der Waals surface area contributed by atoms with Crippen LogP contribution in [0.2, 0.25) is 0 Å². The van der Waals surface area contributed by atoms with E-state index in [1.54, 1.807) is 12.4 Å². The maximum absolute atomic E-state index is 6.52. The number of hydrogen-bond donors (Lipinski definition) is 0. The molecule has 1 aliphatic heterocycles. The first-order valence-corrected chi connectivity index (χ1v) is 16.6. The Kier molecular flexibility index (Phi) is 9.37. The molecule has 10 rings (SSSR count). The van der Waals surface area contributed by atoms with E-state index in [1.807, 2.05) is 34.9 Å². The third-order valence-corrected chi connectivity index (χ3v) is 11.0. The van der Waals surface area contributed by atoms with E-state index in [-0.39, 0.29) is 54.2 Å². The van der Waals surface area contributed by atoms with E-state index in [2.05, 4.69) is 117 Å². The predicted molar refractivity (Wildman–Crippen MR) is 216 cm³/mol. The Morgan fingerprint density at radius 3 is 2.13 bits per heavy atom. The van der Waals surface area contributed by atoms with Crippen molar-refractivity contribution in [1.29, 1.82) is 0 Å². The molecule has 0 bridgehead atoms. The third-order valence-electron chi connectivity index (χ3n) is 11.0. The normalized spacial score (nSPS) is 13.7. The zero-order valence-electron chi connectivity index (χ0n) is 27.9. The van der Waals surface area contributed by atoms with Crippen molar-refractivity contribution in [2.75, 3.05) is 0 Å². The van der Waals surface area contributed by atoms with Gasteiger partial charge in [-0.2, -0.15) is 12.1 Å². The van der Waals surface area contributed by atoms with Crippen molar-refractivity contribution >= 4 is 49.3 Å². The Balaban J connectivity index is 0.00000120. The largest absolute Gasteiger partial charge is 2.00 e. The van der Waals surface area contributed by atoms with Crippen LogP contribution in [0, 0.1) is 12.1 Å². The summed E-state index contributed by atoms with van der Waals surface area (Å²) in [6, 6.07) is 42.6. The number of hydrogen-bond acceptors (Lipinski definition) is 4. The maximum Gasteiger partial charge on any atom is 2.00 e. The van der Waals surface area contributed by atoms with E-state index in [9.17, 15) is 0 Å². The molecule has 4 aromatic carbocycles. The van der Waals surface area contributed by atoms with Crippen LogP contribution in [0.25, 0.3) is 66.3 Å². The molecular formula is C46H43N5OPt. The minimum absolute atomic E-state index is 0. The number of pyridine rings is 3. The number of nitrogens with zero attached hydrogens (tertiary/aromatic N) is 5. The fourth-order valence-electron chi connectivity index (χ4n) is 7.91. The summed E-state index contributed by atoms with van der Waals surface area (Å²) in [5.74, 6) is 1.74. The summed E-state index contributed by atoms with van der Waals surface area (Å²) in [6.07, 6.45) is 3.56. The smallest absolute Gasteiger partial charge is 0.515 e. The first-order chi connectivity index (χ1) is 23.8. The molecule has 7 heteroatoms. The first-order valence-electron chi connectivity index (χ1n) is 16.6. The summed E-state index contributed by atoms with van der Waals surface area (Å²) in [7, 11) is 0. The molecule has 0 atom stereocenters. The van der Waals surface area contributed by atoms with Crippen molar-refractivity contribution < 1.29 is 25.8 Å². The second-order valence-electron chi connectivity index (χ2n) is 14.0. The van der Waals surface area contributed by atoms with Gasteiger partial charge in [-0.25, -0.2) is 4.98 Å². The number of para-hydroxylation sites is 2. The van der Waals surface area contributed by atoms with Gasteiger partial charge in [0.05, 0.1) is 16.9 Å². The topological polar surface area (TPSA) is 57.2 Å². The second kappa shape index (κ2) is 13.3. The van der Waals surface area contributed by atoms with Crippen molar-refractivity contribution in [2.45, 2.75) is 60.8 Å². The van der Waals surface area contributed by atoms with E-state index in [0.29, 0.717) is 17.3 Å². The van der Waals surface area contributed by atoms with Gasteiger partial charge in [-0.1, -0.05) is 140 Å². The molecule has 0 spiro atoms. The summed E-state index contributed by atoms with van der Waals surface area (Å²) < 4.78 is 11.0. The average Bonchev–Trinajstić information content (AvgIpc) is 3.70. The molecule has 6 nitrogen and oxygen atoms in total. The summed E-state index contributed by atoms with van der Waals surface area (Å²) >= 11 is 0. The maximum atomic E-state index is 6.52. The minimum Gasteiger partial charge on any atom is -0.515 e. The molecule has 0 amide bonds. The Morgan fingerprint density at radius 1 is 0.604 bits per heavy atom. The predicted octanol–water partition coefficient (Wildman–Crippen LogP) is 12.1. The zero-order chi connectivity index (χ0) is 33.1. The number of imidazole rings is 1. The molecule has 268 valence electrons. The number of benzene rings is 4. The Morgan fingerprint density at radius 2 is 1.32 bits per heavy atom. The van der Waals surface area contributed by atoms with Crippen LogP contribution in [0.3, 0.4) is 0 Å².